The van der Waals surface area contributed by atoms with Crippen LogP contribution in [0, 0.1) is 0 Å². The summed E-state index contributed by atoms with van der Waals surface area (Å²) in [7, 11) is 0. The molecule has 0 bridgehead atoms. The highest BCUT2D eigenvalue weighted by Crippen LogP contribution is 2.18. The van der Waals surface area contributed by atoms with Crippen molar-refractivity contribution in [3.05, 3.63) is 66.7 Å². The molecule has 6 heteroatoms. The number of amides is 2. The van der Waals surface area contributed by atoms with Gasteiger partial charge in [0, 0.05) is 36.1 Å². The molecule has 1 saturated heterocycles. The zero-order valence-electron chi connectivity index (χ0n) is 15.8. The Balaban J connectivity index is 1.54. The van der Waals surface area contributed by atoms with Crippen LogP contribution in [0.15, 0.2) is 61.2 Å². The lowest BCUT2D eigenvalue weighted by atomic mass is 10.1. The molecule has 2 N–H and O–H groups in total. The summed E-state index contributed by atoms with van der Waals surface area (Å²) < 4.78 is 5.46. The smallest absolute Gasteiger partial charge is 0.253 e. The number of nitrogens with zero attached hydrogens (tertiary/aromatic N) is 1. The first-order chi connectivity index (χ1) is 13.7. The van der Waals surface area contributed by atoms with Crippen LogP contribution in [0.4, 0.5) is 11.4 Å². The molecule has 2 aromatic rings. The monoisotopic (exact) mass is 379 g/mol. The summed E-state index contributed by atoms with van der Waals surface area (Å²) in [4.78, 5) is 26.6. The number of hydrogen-bond donors (Lipinski definition) is 2. The maximum absolute atomic E-state index is 12.5. The van der Waals surface area contributed by atoms with Gasteiger partial charge >= 0.3 is 0 Å². The summed E-state index contributed by atoms with van der Waals surface area (Å²) >= 11 is 0. The molecule has 2 aromatic carbocycles. The van der Waals surface area contributed by atoms with Gasteiger partial charge in [-0.15, -0.1) is 0 Å². The van der Waals surface area contributed by atoms with Crippen LogP contribution in [0.25, 0.3) is 0 Å². The van der Waals surface area contributed by atoms with Gasteiger partial charge in [-0.3, -0.25) is 9.59 Å². The van der Waals surface area contributed by atoms with E-state index in [-0.39, 0.29) is 18.4 Å². The SMILES string of the molecule is C=CCOc1cccc(NC(=O)CNc2cccc(C(=O)N3CCCC3)c2)c1. The summed E-state index contributed by atoms with van der Waals surface area (Å²) in [6.07, 6.45) is 3.78. The van der Waals surface area contributed by atoms with E-state index in [1.807, 2.05) is 29.2 Å². The molecule has 1 heterocycles. The van der Waals surface area contributed by atoms with E-state index >= 15 is 0 Å². The fourth-order valence-electron chi connectivity index (χ4n) is 3.07. The molecule has 6 nitrogen and oxygen atoms in total. The average Bonchev–Trinajstić information content (AvgIpc) is 3.25. The number of ether oxygens (including phenoxy) is 1. The molecule has 1 aliphatic rings. The third-order valence-corrected chi connectivity index (χ3v) is 4.44. The Bertz CT molecular complexity index is 844. The highest BCUT2D eigenvalue weighted by atomic mass is 16.5. The average molecular weight is 379 g/mol. The molecule has 0 unspecified atom stereocenters. The third-order valence-electron chi connectivity index (χ3n) is 4.44. The summed E-state index contributed by atoms with van der Waals surface area (Å²) in [5.74, 6) is 0.526. The normalized spacial score (nSPS) is 13.1. The topological polar surface area (TPSA) is 70.7 Å². The van der Waals surface area contributed by atoms with E-state index in [0.29, 0.717) is 23.6 Å². The van der Waals surface area contributed by atoms with E-state index in [2.05, 4.69) is 17.2 Å². The second-order valence-corrected chi connectivity index (χ2v) is 6.61. The van der Waals surface area contributed by atoms with Crippen LogP contribution in [0.5, 0.6) is 5.75 Å². The Morgan fingerprint density at radius 1 is 1.07 bits per heavy atom. The van der Waals surface area contributed by atoms with Gasteiger partial charge in [-0.05, 0) is 43.2 Å². The molecule has 3 rings (SSSR count). The Hall–Kier alpha value is -3.28. The number of likely N-dealkylation sites (tertiary alicyclic amines) is 1. The van der Waals surface area contributed by atoms with Crippen LogP contribution in [-0.4, -0.2) is 43.0 Å². The van der Waals surface area contributed by atoms with Crippen molar-refractivity contribution in [2.75, 3.05) is 36.9 Å². The molecule has 2 amide bonds. The van der Waals surface area contributed by atoms with E-state index in [9.17, 15) is 9.59 Å². The van der Waals surface area contributed by atoms with Gasteiger partial charge in [-0.2, -0.15) is 0 Å². The number of rotatable bonds is 8. The molecule has 28 heavy (non-hydrogen) atoms. The van der Waals surface area contributed by atoms with Crippen LogP contribution < -0.4 is 15.4 Å². The third kappa shape index (κ3) is 5.36. The number of hydrogen-bond acceptors (Lipinski definition) is 4. The highest BCUT2D eigenvalue weighted by molar-refractivity contribution is 5.96. The number of benzene rings is 2. The van der Waals surface area contributed by atoms with E-state index < -0.39 is 0 Å². The molecular formula is C22H25N3O3. The molecule has 1 fully saturated rings. The lowest BCUT2D eigenvalue weighted by Crippen LogP contribution is -2.27. The van der Waals surface area contributed by atoms with Gasteiger partial charge < -0.3 is 20.3 Å². The molecule has 0 aliphatic carbocycles. The summed E-state index contributed by atoms with van der Waals surface area (Å²) in [6.45, 7) is 5.74. The van der Waals surface area contributed by atoms with Crippen molar-refractivity contribution in [1.29, 1.82) is 0 Å². The first-order valence-corrected chi connectivity index (χ1v) is 9.42. The van der Waals surface area contributed by atoms with Crippen molar-refractivity contribution < 1.29 is 14.3 Å². The molecular weight excluding hydrogens is 354 g/mol. The van der Waals surface area contributed by atoms with Gasteiger partial charge in [0.15, 0.2) is 0 Å². The largest absolute Gasteiger partial charge is 0.489 e. The second-order valence-electron chi connectivity index (χ2n) is 6.61. The maximum atomic E-state index is 12.5. The predicted octanol–water partition coefficient (Wildman–Crippen LogP) is 3.54. The van der Waals surface area contributed by atoms with Crippen molar-refractivity contribution in [3.8, 4) is 5.75 Å². The van der Waals surface area contributed by atoms with Crippen LogP contribution in [0.1, 0.15) is 23.2 Å². The van der Waals surface area contributed by atoms with E-state index in [4.69, 9.17) is 4.74 Å². The molecule has 0 saturated carbocycles. The minimum Gasteiger partial charge on any atom is -0.489 e. The number of anilines is 2. The molecule has 0 aromatic heterocycles. The van der Waals surface area contributed by atoms with Gasteiger partial charge in [-0.25, -0.2) is 0 Å². The summed E-state index contributed by atoms with van der Waals surface area (Å²) in [5, 5.41) is 5.90. The Morgan fingerprint density at radius 3 is 2.61 bits per heavy atom. The van der Waals surface area contributed by atoms with Gasteiger partial charge in [0.1, 0.15) is 12.4 Å². The van der Waals surface area contributed by atoms with Crippen LogP contribution in [0.3, 0.4) is 0 Å². The van der Waals surface area contributed by atoms with Crippen LogP contribution in [-0.2, 0) is 4.79 Å². The lowest BCUT2D eigenvalue weighted by molar-refractivity contribution is -0.114. The molecule has 0 spiro atoms. The zero-order valence-corrected chi connectivity index (χ0v) is 15.8. The van der Waals surface area contributed by atoms with Gasteiger partial charge in [0.25, 0.3) is 5.91 Å². The standard InChI is InChI=1S/C22H25N3O3/c1-2-13-28-20-10-6-9-19(15-20)24-21(26)16-23-18-8-5-7-17(14-18)22(27)25-11-3-4-12-25/h2,5-10,14-15,23H,1,3-4,11-13,16H2,(H,24,26). The first-order valence-electron chi connectivity index (χ1n) is 9.42. The summed E-state index contributed by atoms with van der Waals surface area (Å²) in [6, 6.07) is 14.5. The van der Waals surface area contributed by atoms with Gasteiger partial charge in [0.05, 0.1) is 6.54 Å². The Morgan fingerprint density at radius 2 is 1.82 bits per heavy atom. The summed E-state index contributed by atoms with van der Waals surface area (Å²) in [5.41, 5.74) is 2.04. The van der Waals surface area contributed by atoms with Crippen LogP contribution in [0.2, 0.25) is 0 Å². The first kappa shape index (κ1) is 19.5. The fraction of sp³-hybridized carbons (Fsp3) is 0.273. The minimum absolute atomic E-state index is 0.0435. The second kappa shape index (κ2) is 9.60. The highest BCUT2D eigenvalue weighted by Gasteiger charge is 2.19. The van der Waals surface area contributed by atoms with E-state index in [1.54, 1.807) is 30.3 Å². The van der Waals surface area contributed by atoms with Crippen molar-refractivity contribution in [1.82, 2.24) is 4.90 Å². The van der Waals surface area contributed by atoms with Gasteiger partial charge in [0.2, 0.25) is 5.91 Å². The van der Waals surface area contributed by atoms with Crippen molar-refractivity contribution in [3.63, 3.8) is 0 Å². The van der Waals surface area contributed by atoms with Crippen molar-refractivity contribution >= 4 is 23.2 Å². The fourth-order valence-corrected chi connectivity index (χ4v) is 3.07. The molecule has 0 atom stereocenters. The molecule has 0 radical (unpaired) electrons. The van der Waals surface area contributed by atoms with E-state index in [1.165, 1.54) is 0 Å². The van der Waals surface area contributed by atoms with Crippen LogP contribution >= 0.6 is 0 Å². The molecule has 1 aliphatic heterocycles. The Kier molecular flexibility index (Phi) is 6.68. The predicted molar refractivity (Wildman–Crippen MR) is 111 cm³/mol. The Labute approximate surface area is 165 Å². The molecule has 146 valence electrons. The number of nitrogens with one attached hydrogen (secondary N) is 2. The van der Waals surface area contributed by atoms with Crippen molar-refractivity contribution in [2.24, 2.45) is 0 Å². The van der Waals surface area contributed by atoms with E-state index in [0.717, 1.165) is 31.6 Å². The maximum Gasteiger partial charge on any atom is 0.253 e. The van der Waals surface area contributed by atoms with Crippen molar-refractivity contribution in [2.45, 2.75) is 12.8 Å². The number of carbonyl (C=O) groups excluding carboxylic acids is 2. The zero-order chi connectivity index (χ0) is 19.8. The quantitative estimate of drug-likeness (QED) is 0.689. The lowest BCUT2D eigenvalue weighted by Gasteiger charge is -2.16. The minimum atomic E-state index is -0.183. The van der Waals surface area contributed by atoms with Gasteiger partial charge in [-0.1, -0.05) is 24.8 Å². The number of carbonyl (C=O) groups is 2.